The smallest absolute Gasteiger partial charge is 0.340 e. The minimum Gasteiger partial charge on any atom is -0.398 e. The average molecular weight is 302 g/mol. The maximum absolute atomic E-state index is 10.8. The van der Waals surface area contributed by atoms with Crippen molar-refractivity contribution in [2.45, 2.75) is 0 Å². The Balaban J connectivity index is 2.61. The van der Waals surface area contributed by atoms with E-state index in [-0.39, 0.29) is 5.69 Å². The number of nitrogens with zero attached hydrogens (tertiary/aromatic N) is 1. The number of hydrogen-bond acceptors (Lipinski definition) is 3. The molecule has 0 spiro atoms. The monoisotopic (exact) mass is 302 g/mol. The normalized spacial score (nSPS) is 10.4. The predicted octanol–water partition coefficient (Wildman–Crippen LogP) is 0.952. The van der Waals surface area contributed by atoms with E-state index < -0.39 is 0 Å². The van der Waals surface area contributed by atoms with Crippen LogP contribution in [0.4, 0.5) is 5.69 Å². The molecule has 0 saturated carbocycles. The topological polar surface area (TPSA) is 87.6 Å². The van der Waals surface area contributed by atoms with Crippen molar-refractivity contribution >= 4 is 28.3 Å². The molecule has 0 aliphatic heterocycles. The zero-order chi connectivity index (χ0) is 10.1. The summed E-state index contributed by atoms with van der Waals surface area (Å²) in [6, 6.07) is 5.54. The maximum atomic E-state index is 10.8. The predicted molar refractivity (Wildman–Crippen MR) is 61.8 cm³/mol. The van der Waals surface area contributed by atoms with Crippen LogP contribution < -0.4 is 11.4 Å². The van der Waals surface area contributed by atoms with Gasteiger partial charge in [-0.2, -0.15) is 5.10 Å². The van der Waals surface area contributed by atoms with Crippen molar-refractivity contribution in [3.63, 3.8) is 0 Å². The van der Waals surface area contributed by atoms with Crippen LogP contribution in [0, 0.1) is 3.57 Å². The zero-order valence-corrected chi connectivity index (χ0v) is 9.20. The van der Waals surface area contributed by atoms with Gasteiger partial charge in [0.1, 0.15) is 0 Å². The highest BCUT2D eigenvalue weighted by molar-refractivity contribution is 14.1. The second-order valence-electron chi connectivity index (χ2n) is 2.76. The minimum atomic E-state index is -0.335. The lowest BCUT2D eigenvalue weighted by Crippen LogP contribution is -2.00. The molecule has 0 amide bonds. The molecule has 1 aromatic carbocycles. The van der Waals surface area contributed by atoms with Crippen LogP contribution in [0.3, 0.4) is 0 Å². The summed E-state index contributed by atoms with van der Waals surface area (Å²) < 4.78 is 1.04. The van der Waals surface area contributed by atoms with Gasteiger partial charge < -0.3 is 5.73 Å². The van der Waals surface area contributed by atoms with Crippen LogP contribution in [0.1, 0.15) is 0 Å². The summed E-state index contributed by atoms with van der Waals surface area (Å²) in [5, 5.41) is 6.11. The molecule has 0 unspecified atom stereocenters. The molecular formula is C8H7IN4O. The summed E-state index contributed by atoms with van der Waals surface area (Å²) >= 11 is 2.17. The second-order valence-corrected chi connectivity index (χ2v) is 4.00. The van der Waals surface area contributed by atoms with E-state index in [4.69, 9.17) is 5.73 Å². The van der Waals surface area contributed by atoms with Crippen LogP contribution in [-0.2, 0) is 0 Å². The fourth-order valence-corrected chi connectivity index (χ4v) is 1.62. The number of nitrogens with one attached hydrogen (secondary N) is 2. The van der Waals surface area contributed by atoms with Gasteiger partial charge in [-0.3, -0.25) is 4.98 Å². The van der Waals surface area contributed by atoms with Crippen molar-refractivity contribution in [3.8, 4) is 11.4 Å². The third-order valence-corrected chi connectivity index (χ3v) is 2.44. The Hall–Kier alpha value is -1.31. The highest BCUT2D eigenvalue weighted by atomic mass is 127. The number of H-pyrrole nitrogens is 2. The number of rotatable bonds is 1. The minimum absolute atomic E-state index is 0.335. The summed E-state index contributed by atoms with van der Waals surface area (Å²) in [5.74, 6) is 0.464. The zero-order valence-electron chi connectivity index (χ0n) is 7.04. The van der Waals surface area contributed by atoms with Crippen LogP contribution >= 0.6 is 22.6 Å². The van der Waals surface area contributed by atoms with E-state index in [0.717, 1.165) is 9.13 Å². The number of hydrogen-bond donors (Lipinski definition) is 3. The van der Waals surface area contributed by atoms with E-state index in [1.165, 1.54) is 0 Å². The number of aromatic amines is 2. The van der Waals surface area contributed by atoms with Gasteiger partial charge in [0.05, 0.1) is 0 Å². The van der Waals surface area contributed by atoms with Crippen LogP contribution in [0.25, 0.3) is 11.4 Å². The van der Waals surface area contributed by atoms with Crippen molar-refractivity contribution < 1.29 is 0 Å². The molecule has 1 heterocycles. The fraction of sp³-hybridized carbons (Fsp3) is 0. The molecule has 1 aromatic heterocycles. The number of benzene rings is 1. The van der Waals surface area contributed by atoms with E-state index in [1.807, 2.05) is 12.1 Å². The molecule has 0 atom stereocenters. The van der Waals surface area contributed by atoms with Gasteiger partial charge in [0.15, 0.2) is 5.82 Å². The van der Waals surface area contributed by atoms with Gasteiger partial charge in [-0.15, -0.1) is 0 Å². The summed E-state index contributed by atoms with van der Waals surface area (Å²) in [7, 11) is 0. The number of aromatic nitrogens is 3. The lowest BCUT2D eigenvalue weighted by Gasteiger charge is -2.01. The van der Waals surface area contributed by atoms with E-state index in [0.29, 0.717) is 11.5 Å². The van der Waals surface area contributed by atoms with Gasteiger partial charge in [0.25, 0.3) is 0 Å². The lowest BCUT2D eigenvalue weighted by atomic mass is 10.2. The highest BCUT2D eigenvalue weighted by Crippen LogP contribution is 2.23. The SMILES string of the molecule is Nc1ccc(I)cc1-c1n[nH]c(=O)[nH]1. The molecule has 0 aliphatic rings. The van der Waals surface area contributed by atoms with Crippen molar-refractivity contribution in [1.29, 1.82) is 0 Å². The largest absolute Gasteiger partial charge is 0.398 e. The molecule has 2 aromatic rings. The van der Waals surface area contributed by atoms with Crippen molar-refractivity contribution in [3.05, 3.63) is 32.3 Å². The molecule has 0 saturated heterocycles. The standard InChI is InChI=1S/C8H7IN4O/c9-4-1-2-6(10)5(3-4)7-11-8(14)13-12-7/h1-3H,10H2,(H2,11,12,13,14). The third kappa shape index (κ3) is 1.65. The van der Waals surface area contributed by atoms with E-state index >= 15 is 0 Å². The van der Waals surface area contributed by atoms with E-state index in [1.54, 1.807) is 6.07 Å². The first-order valence-corrected chi connectivity index (χ1v) is 4.95. The van der Waals surface area contributed by atoms with Gasteiger partial charge in [0, 0.05) is 14.8 Å². The van der Waals surface area contributed by atoms with E-state index in [9.17, 15) is 4.79 Å². The van der Waals surface area contributed by atoms with Crippen molar-refractivity contribution in [1.82, 2.24) is 15.2 Å². The molecule has 4 N–H and O–H groups in total. The van der Waals surface area contributed by atoms with Crippen LogP contribution in [0.15, 0.2) is 23.0 Å². The van der Waals surface area contributed by atoms with Crippen LogP contribution in [0.5, 0.6) is 0 Å². The van der Waals surface area contributed by atoms with Gasteiger partial charge in [0.2, 0.25) is 0 Å². The first kappa shape index (κ1) is 9.25. The Bertz CT molecular complexity index is 516. The highest BCUT2D eigenvalue weighted by Gasteiger charge is 2.06. The van der Waals surface area contributed by atoms with Crippen molar-refractivity contribution in [2.24, 2.45) is 0 Å². The van der Waals surface area contributed by atoms with Gasteiger partial charge in [-0.25, -0.2) is 9.89 Å². The quantitative estimate of drug-likeness (QED) is 0.541. The lowest BCUT2D eigenvalue weighted by molar-refractivity contribution is 1.05. The van der Waals surface area contributed by atoms with Crippen LogP contribution in [0.2, 0.25) is 0 Å². The average Bonchev–Trinajstić information content (AvgIpc) is 2.56. The maximum Gasteiger partial charge on any atom is 0.340 e. The second kappa shape index (κ2) is 3.45. The Morgan fingerprint density at radius 3 is 2.86 bits per heavy atom. The molecule has 72 valence electrons. The molecule has 2 rings (SSSR count). The van der Waals surface area contributed by atoms with Gasteiger partial charge in [-0.05, 0) is 40.8 Å². The van der Waals surface area contributed by atoms with Crippen LogP contribution in [-0.4, -0.2) is 15.2 Å². The molecule has 0 radical (unpaired) electrons. The van der Waals surface area contributed by atoms with Gasteiger partial charge >= 0.3 is 5.69 Å². The number of halogens is 1. The van der Waals surface area contributed by atoms with Gasteiger partial charge in [-0.1, -0.05) is 0 Å². The van der Waals surface area contributed by atoms with Crippen molar-refractivity contribution in [2.75, 3.05) is 5.73 Å². The molecule has 0 fully saturated rings. The summed E-state index contributed by atoms with van der Waals surface area (Å²) in [6.07, 6.45) is 0. The first-order valence-electron chi connectivity index (χ1n) is 3.87. The fourth-order valence-electron chi connectivity index (χ4n) is 1.13. The summed E-state index contributed by atoms with van der Waals surface area (Å²) in [5.41, 5.74) is 6.74. The molecule has 0 aliphatic carbocycles. The third-order valence-electron chi connectivity index (χ3n) is 1.77. The summed E-state index contributed by atoms with van der Waals surface area (Å²) in [6.45, 7) is 0. The molecule has 14 heavy (non-hydrogen) atoms. The Labute approximate surface area is 92.9 Å². The van der Waals surface area contributed by atoms with E-state index in [2.05, 4.69) is 37.8 Å². The molecule has 5 nitrogen and oxygen atoms in total. The molecule has 0 bridgehead atoms. The number of nitrogens with two attached hydrogens (primary N) is 1. The Morgan fingerprint density at radius 1 is 1.43 bits per heavy atom. The molecule has 6 heteroatoms. The Morgan fingerprint density at radius 2 is 2.21 bits per heavy atom. The molecular weight excluding hydrogens is 295 g/mol. The number of nitrogen functional groups attached to an aromatic ring is 1. The summed E-state index contributed by atoms with van der Waals surface area (Å²) in [4.78, 5) is 13.4. The number of anilines is 1. The Kier molecular flexibility index (Phi) is 2.28. The first-order chi connectivity index (χ1) is 6.66.